The average Bonchev–Trinajstić information content (AvgIpc) is 3.09. The molecule has 0 bridgehead atoms. The molecule has 1 atom stereocenters. The third kappa shape index (κ3) is 2.77. The van der Waals surface area contributed by atoms with Crippen LogP contribution in [0.15, 0.2) is 6.07 Å². The fourth-order valence-corrected chi connectivity index (χ4v) is 4.12. The van der Waals surface area contributed by atoms with Crippen LogP contribution in [0.5, 0.6) is 0 Å². The molecule has 0 unspecified atom stereocenters. The first kappa shape index (κ1) is 16.8. The molecule has 128 valence electrons. The van der Waals surface area contributed by atoms with Gasteiger partial charge in [-0.3, -0.25) is 4.79 Å². The molecule has 24 heavy (non-hydrogen) atoms. The van der Waals surface area contributed by atoms with Gasteiger partial charge in [0, 0.05) is 30.2 Å². The molecule has 0 aromatic carbocycles. The van der Waals surface area contributed by atoms with E-state index < -0.39 is 5.54 Å². The van der Waals surface area contributed by atoms with E-state index in [1.165, 1.54) is 0 Å². The summed E-state index contributed by atoms with van der Waals surface area (Å²) in [5.41, 5.74) is 0.955. The van der Waals surface area contributed by atoms with Crippen molar-refractivity contribution in [1.82, 2.24) is 19.9 Å². The summed E-state index contributed by atoms with van der Waals surface area (Å²) in [7, 11) is 1.84. The maximum absolute atomic E-state index is 13.1. The van der Waals surface area contributed by atoms with Gasteiger partial charge in [0.25, 0.3) is 5.91 Å². The van der Waals surface area contributed by atoms with Crippen molar-refractivity contribution < 1.29 is 4.79 Å². The maximum atomic E-state index is 13.1. The second-order valence-electron chi connectivity index (χ2n) is 6.44. The summed E-state index contributed by atoms with van der Waals surface area (Å²) in [6.45, 7) is 8.59. The highest BCUT2D eigenvalue weighted by Crippen LogP contribution is 2.38. The van der Waals surface area contributed by atoms with Crippen LogP contribution >= 0.6 is 11.3 Å². The Morgan fingerprint density at radius 1 is 1.29 bits per heavy atom. The minimum absolute atomic E-state index is 0.0204. The lowest BCUT2D eigenvalue weighted by Crippen LogP contribution is -2.44. The summed E-state index contributed by atoms with van der Waals surface area (Å²) >= 11 is 1.56. The number of hydrogen-bond donors (Lipinski definition) is 1. The summed E-state index contributed by atoms with van der Waals surface area (Å²) in [6, 6.07) is 1.90. The van der Waals surface area contributed by atoms with Gasteiger partial charge in [-0.05, 0) is 40.5 Å². The van der Waals surface area contributed by atoms with Gasteiger partial charge in [-0.2, -0.15) is 0 Å². The van der Waals surface area contributed by atoms with Crippen LogP contribution in [0.2, 0.25) is 0 Å². The number of carbonyl (C=O) groups excluding carboxylic acids is 1. The van der Waals surface area contributed by atoms with Crippen molar-refractivity contribution in [2.24, 2.45) is 0 Å². The van der Waals surface area contributed by atoms with Crippen molar-refractivity contribution in [2.75, 3.05) is 18.9 Å². The van der Waals surface area contributed by atoms with Crippen molar-refractivity contribution >= 4 is 23.1 Å². The Kier molecular flexibility index (Phi) is 4.29. The highest BCUT2D eigenvalue weighted by Gasteiger charge is 2.44. The molecule has 1 N–H and O–H groups in total. The number of likely N-dealkylation sites (tertiary alicyclic amines) is 1. The molecule has 0 spiro atoms. The summed E-state index contributed by atoms with van der Waals surface area (Å²) < 4.78 is 0. The maximum Gasteiger partial charge on any atom is 0.274 e. The molecule has 1 amide bonds. The molecule has 6 nitrogen and oxygen atoms in total. The van der Waals surface area contributed by atoms with Gasteiger partial charge in [0.05, 0.1) is 5.01 Å². The van der Waals surface area contributed by atoms with Gasteiger partial charge in [0.1, 0.15) is 17.1 Å². The molecule has 2 aromatic heterocycles. The summed E-state index contributed by atoms with van der Waals surface area (Å²) in [4.78, 5) is 29.7. The quantitative estimate of drug-likeness (QED) is 0.926. The van der Waals surface area contributed by atoms with Gasteiger partial charge in [0.2, 0.25) is 0 Å². The lowest BCUT2D eigenvalue weighted by molar-refractivity contribution is 0.0597. The van der Waals surface area contributed by atoms with Crippen LogP contribution in [-0.4, -0.2) is 39.4 Å². The summed E-state index contributed by atoms with van der Waals surface area (Å²) in [5.74, 6) is 1.45. The van der Waals surface area contributed by atoms with E-state index in [4.69, 9.17) is 0 Å². The van der Waals surface area contributed by atoms with Gasteiger partial charge in [0.15, 0.2) is 5.82 Å². The van der Waals surface area contributed by atoms with Crippen LogP contribution in [0, 0.1) is 20.8 Å². The predicted octanol–water partition coefficient (Wildman–Crippen LogP) is 3.05. The largest absolute Gasteiger partial charge is 0.373 e. The van der Waals surface area contributed by atoms with E-state index in [1.807, 2.05) is 38.8 Å². The number of amides is 1. The normalized spacial score (nSPS) is 20.5. The fourth-order valence-electron chi connectivity index (χ4n) is 3.31. The Morgan fingerprint density at radius 2 is 2.04 bits per heavy atom. The Labute approximate surface area is 146 Å². The third-order valence-electron chi connectivity index (χ3n) is 4.58. The number of rotatable bonds is 3. The number of aromatic nitrogens is 3. The van der Waals surface area contributed by atoms with Gasteiger partial charge in [-0.15, -0.1) is 11.3 Å². The van der Waals surface area contributed by atoms with Crippen LogP contribution in [0.1, 0.15) is 51.7 Å². The molecular formula is C17H23N5OS. The monoisotopic (exact) mass is 345 g/mol. The van der Waals surface area contributed by atoms with Crippen LogP contribution in [0.4, 0.5) is 5.82 Å². The first-order valence-electron chi connectivity index (χ1n) is 8.15. The first-order valence-corrected chi connectivity index (χ1v) is 8.96. The molecule has 1 aliphatic heterocycles. The third-order valence-corrected chi connectivity index (χ3v) is 5.47. The van der Waals surface area contributed by atoms with Crippen molar-refractivity contribution in [3.05, 3.63) is 33.2 Å². The second-order valence-corrected chi connectivity index (χ2v) is 7.85. The molecule has 0 saturated carbocycles. The first-order chi connectivity index (χ1) is 11.3. The van der Waals surface area contributed by atoms with Crippen molar-refractivity contribution in [1.29, 1.82) is 0 Å². The van der Waals surface area contributed by atoms with Crippen LogP contribution in [0.25, 0.3) is 0 Å². The van der Waals surface area contributed by atoms with Gasteiger partial charge in [-0.1, -0.05) is 0 Å². The molecule has 0 aliphatic carbocycles. The molecule has 3 heterocycles. The molecule has 2 aromatic rings. The minimum Gasteiger partial charge on any atom is -0.373 e. The number of aryl methyl sites for hydroxylation is 3. The van der Waals surface area contributed by atoms with E-state index in [0.717, 1.165) is 34.2 Å². The number of thiazole rings is 1. The zero-order valence-corrected chi connectivity index (χ0v) is 15.6. The molecule has 0 radical (unpaired) electrons. The Balaban J connectivity index is 2.01. The van der Waals surface area contributed by atoms with Gasteiger partial charge in [-0.25, -0.2) is 15.0 Å². The van der Waals surface area contributed by atoms with E-state index in [-0.39, 0.29) is 5.91 Å². The molecule has 3 rings (SSSR count). The number of anilines is 1. The van der Waals surface area contributed by atoms with Crippen LogP contribution in [0.3, 0.4) is 0 Å². The second kappa shape index (κ2) is 6.12. The predicted molar refractivity (Wildman–Crippen MR) is 95.5 cm³/mol. The van der Waals surface area contributed by atoms with Crippen molar-refractivity contribution in [3.8, 4) is 0 Å². The number of hydrogen-bond acceptors (Lipinski definition) is 6. The zero-order chi connectivity index (χ0) is 17.5. The molecule has 1 fully saturated rings. The molecule has 1 aliphatic rings. The Morgan fingerprint density at radius 3 is 2.67 bits per heavy atom. The van der Waals surface area contributed by atoms with E-state index in [1.54, 1.807) is 11.3 Å². The zero-order valence-electron chi connectivity index (χ0n) is 14.8. The van der Waals surface area contributed by atoms with Gasteiger partial charge < -0.3 is 10.2 Å². The smallest absolute Gasteiger partial charge is 0.274 e. The highest BCUT2D eigenvalue weighted by atomic mass is 32.1. The average molecular weight is 345 g/mol. The lowest BCUT2D eigenvalue weighted by Gasteiger charge is -2.34. The van der Waals surface area contributed by atoms with E-state index in [0.29, 0.717) is 18.1 Å². The van der Waals surface area contributed by atoms with E-state index >= 15 is 0 Å². The van der Waals surface area contributed by atoms with E-state index in [2.05, 4.69) is 27.2 Å². The number of carbonyl (C=O) groups is 1. The summed E-state index contributed by atoms with van der Waals surface area (Å²) in [6.07, 6.45) is 1.80. The number of nitrogens with zero attached hydrogens (tertiary/aromatic N) is 4. The van der Waals surface area contributed by atoms with Crippen LogP contribution in [-0.2, 0) is 5.54 Å². The van der Waals surface area contributed by atoms with Crippen molar-refractivity contribution in [3.63, 3.8) is 0 Å². The molecular weight excluding hydrogens is 322 g/mol. The standard InChI is InChI=1S/C17H23N5OS/c1-10-9-13(18-5)21-16(19-10)17(4)7-6-8-22(17)15(23)14-11(2)24-12(3)20-14/h9H,6-8H2,1-5H3,(H,18,19,21)/t17-/m0/s1. The molecule has 1 saturated heterocycles. The Hall–Kier alpha value is -2.02. The fraction of sp³-hybridized carbons (Fsp3) is 0.529. The topological polar surface area (TPSA) is 71.0 Å². The van der Waals surface area contributed by atoms with Gasteiger partial charge >= 0.3 is 0 Å². The lowest BCUT2D eigenvalue weighted by atomic mass is 9.97. The van der Waals surface area contributed by atoms with Crippen LogP contribution < -0.4 is 5.32 Å². The highest BCUT2D eigenvalue weighted by molar-refractivity contribution is 7.11. The van der Waals surface area contributed by atoms with Crippen molar-refractivity contribution in [2.45, 2.75) is 46.1 Å². The number of nitrogens with one attached hydrogen (secondary N) is 1. The summed E-state index contributed by atoms with van der Waals surface area (Å²) in [5, 5.41) is 3.99. The Bertz CT molecular complexity index is 787. The minimum atomic E-state index is -0.501. The van der Waals surface area contributed by atoms with E-state index in [9.17, 15) is 4.79 Å². The molecule has 7 heteroatoms. The SMILES string of the molecule is CNc1cc(C)nc([C@]2(C)CCCN2C(=O)c2nc(C)sc2C)n1.